The highest BCUT2D eigenvalue weighted by Crippen LogP contribution is 2.23. The molecule has 6 nitrogen and oxygen atoms in total. The molecule has 0 spiro atoms. The molecule has 0 bridgehead atoms. The number of benzene rings is 1. The molecule has 1 saturated heterocycles. The minimum atomic E-state index is -0.275. The van der Waals surface area contributed by atoms with Crippen LogP contribution in [0.15, 0.2) is 29.3 Å². The lowest BCUT2D eigenvalue weighted by Gasteiger charge is -2.36. The number of aliphatic imine (C=N–C) groups is 1. The van der Waals surface area contributed by atoms with E-state index in [-0.39, 0.29) is 41.5 Å². The van der Waals surface area contributed by atoms with E-state index in [4.69, 9.17) is 14.2 Å². The third-order valence-electron chi connectivity index (χ3n) is 4.35. The zero-order valence-corrected chi connectivity index (χ0v) is 17.9. The Kier molecular flexibility index (Phi) is 10.2. The van der Waals surface area contributed by atoms with Gasteiger partial charge in [0.25, 0.3) is 0 Å². The second-order valence-corrected chi connectivity index (χ2v) is 6.19. The Labute approximate surface area is 171 Å². The van der Waals surface area contributed by atoms with Gasteiger partial charge in [-0.3, -0.25) is 4.99 Å². The first-order chi connectivity index (χ1) is 12.1. The van der Waals surface area contributed by atoms with E-state index in [9.17, 15) is 4.39 Å². The van der Waals surface area contributed by atoms with Crippen molar-refractivity contribution in [3.63, 3.8) is 0 Å². The molecular formula is C18H29FIN3O3. The average molecular weight is 481 g/mol. The number of methoxy groups -OCH3 is 1. The van der Waals surface area contributed by atoms with Crippen molar-refractivity contribution < 1.29 is 18.6 Å². The zero-order valence-electron chi connectivity index (χ0n) is 15.6. The first-order valence-corrected chi connectivity index (χ1v) is 8.56. The fourth-order valence-electron chi connectivity index (χ4n) is 2.69. The van der Waals surface area contributed by atoms with E-state index >= 15 is 0 Å². The maximum Gasteiger partial charge on any atom is 0.191 e. The number of nitrogens with zero attached hydrogens (tertiary/aromatic N) is 1. The van der Waals surface area contributed by atoms with Gasteiger partial charge in [0.05, 0.1) is 12.1 Å². The first kappa shape index (κ1) is 22.9. The lowest BCUT2D eigenvalue weighted by Crippen LogP contribution is -2.51. The number of guanidine groups is 1. The van der Waals surface area contributed by atoms with Gasteiger partial charge in [0.15, 0.2) is 5.96 Å². The molecule has 0 amide bonds. The molecule has 1 aromatic carbocycles. The van der Waals surface area contributed by atoms with Crippen molar-refractivity contribution in [2.45, 2.75) is 31.5 Å². The Bertz CT molecular complexity index is 551. The van der Waals surface area contributed by atoms with Crippen molar-refractivity contribution in [2.75, 3.05) is 40.5 Å². The third-order valence-corrected chi connectivity index (χ3v) is 4.35. The molecule has 1 heterocycles. The third kappa shape index (κ3) is 7.24. The van der Waals surface area contributed by atoms with Crippen LogP contribution in [-0.2, 0) is 9.47 Å². The van der Waals surface area contributed by atoms with Crippen molar-refractivity contribution >= 4 is 29.9 Å². The first-order valence-electron chi connectivity index (χ1n) is 8.56. The molecule has 0 saturated carbocycles. The summed E-state index contributed by atoms with van der Waals surface area (Å²) in [6.45, 7) is 4.60. The predicted octanol–water partition coefficient (Wildman–Crippen LogP) is 2.57. The summed E-state index contributed by atoms with van der Waals surface area (Å²) in [4.78, 5) is 4.23. The molecule has 0 radical (unpaired) electrons. The molecule has 148 valence electrons. The molecule has 1 aromatic rings. The van der Waals surface area contributed by atoms with Crippen LogP contribution in [0.3, 0.4) is 0 Å². The molecule has 2 rings (SSSR count). The van der Waals surface area contributed by atoms with Gasteiger partial charge in [0.1, 0.15) is 17.7 Å². The summed E-state index contributed by atoms with van der Waals surface area (Å²) in [6, 6.07) is 6.00. The van der Waals surface area contributed by atoms with E-state index in [1.807, 2.05) is 6.92 Å². The van der Waals surface area contributed by atoms with Gasteiger partial charge in [0, 0.05) is 46.8 Å². The number of hydrogen-bond acceptors (Lipinski definition) is 4. The van der Waals surface area contributed by atoms with E-state index in [0.29, 0.717) is 38.0 Å². The van der Waals surface area contributed by atoms with Gasteiger partial charge in [-0.05, 0) is 31.2 Å². The van der Waals surface area contributed by atoms with E-state index in [2.05, 4.69) is 15.6 Å². The van der Waals surface area contributed by atoms with Crippen LogP contribution in [0.1, 0.15) is 19.8 Å². The minimum absolute atomic E-state index is 0. The summed E-state index contributed by atoms with van der Waals surface area (Å²) in [7, 11) is 3.46. The minimum Gasteiger partial charge on any atom is -0.489 e. The molecule has 8 heteroatoms. The highest BCUT2D eigenvalue weighted by molar-refractivity contribution is 14.0. The second kappa shape index (κ2) is 11.6. The van der Waals surface area contributed by atoms with Crippen LogP contribution in [0, 0.1) is 5.82 Å². The molecule has 2 N–H and O–H groups in total. The Balaban J connectivity index is 0.00000338. The zero-order chi connectivity index (χ0) is 18.1. The number of hydrogen-bond donors (Lipinski definition) is 2. The SMILES string of the molecule is CN=C(NCC(C)Oc1ccc(F)cc1)NCC1(OC)CCOCC1.I. The summed E-state index contributed by atoms with van der Waals surface area (Å²) in [6.07, 6.45) is 1.62. The molecular weight excluding hydrogens is 452 g/mol. The van der Waals surface area contributed by atoms with Gasteiger partial charge in [-0.1, -0.05) is 0 Å². The average Bonchev–Trinajstić information content (AvgIpc) is 2.64. The molecule has 26 heavy (non-hydrogen) atoms. The molecule has 1 fully saturated rings. The summed E-state index contributed by atoms with van der Waals surface area (Å²) in [5.41, 5.74) is -0.216. The summed E-state index contributed by atoms with van der Waals surface area (Å²) >= 11 is 0. The van der Waals surface area contributed by atoms with Gasteiger partial charge < -0.3 is 24.8 Å². The highest BCUT2D eigenvalue weighted by atomic mass is 127. The summed E-state index contributed by atoms with van der Waals surface area (Å²) in [5.74, 6) is 1.06. The topological polar surface area (TPSA) is 64.1 Å². The van der Waals surface area contributed by atoms with E-state index in [1.165, 1.54) is 12.1 Å². The molecule has 0 aliphatic carbocycles. The van der Waals surface area contributed by atoms with Gasteiger partial charge in [-0.25, -0.2) is 4.39 Å². The van der Waals surface area contributed by atoms with Crippen LogP contribution in [-0.4, -0.2) is 58.1 Å². The molecule has 0 aromatic heterocycles. The van der Waals surface area contributed by atoms with Crippen LogP contribution in [0.2, 0.25) is 0 Å². The fraction of sp³-hybridized carbons (Fsp3) is 0.611. The standard InChI is InChI=1S/C18H28FN3O3.HI/c1-14(25-16-6-4-15(19)5-7-16)12-21-17(20-2)22-13-18(23-3)8-10-24-11-9-18;/h4-7,14H,8-13H2,1-3H3,(H2,20,21,22);1H. The van der Waals surface area contributed by atoms with Gasteiger partial charge in [-0.15, -0.1) is 24.0 Å². The van der Waals surface area contributed by atoms with Crippen LogP contribution >= 0.6 is 24.0 Å². The maximum atomic E-state index is 12.9. The van der Waals surface area contributed by atoms with Crippen molar-refractivity contribution in [1.29, 1.82) is 0 Å². The number of nitrogens with one attached hydrogen (secondary N) is 2. The van der Waals surface area contributed by atoms with Gasteiger partial charge >= 0.3 is 0 Å². The Morgan fingerprint density at radius 2 is 1.92 bits per heavy atom. The lowest BCUT2D eigenvalue weighted by molar-refractivity contribution is -0.0855. The van der Waals surface area contributed by atoms with Gasteiger partial charge in [0.2, 0.25) is 0 Å². The van der Waals surface area contributed by atoms with Crippen molar-refractivity contribution in [2.24, 2.45) is 4.99 Å². The maximum absolute atomic E-state index is 12.9. The second-order valence-electron chi connectivity index (χ2n) is 6.19. The predicted molar refractivity (Wildman–Crippen MR) is 111 cm³/mol. The Morgan fingerprint density at radius 1 is 1.27 bits per heavy atom. The van der Waals surface area contributed by atoms with Crippen molar-refractivity contribution in [3.8, 4) is 5.75 Å². The van der Waals surface area contributed by atoms with Crippen molar-refractivity contribution in [1.82, 2.24) is 10.6 Å². The normalized spacial score (nSPS) is 17.8. The number of rotatable bonds is 7. The van der Waals surface area contributed by atoms with E-state index < -0.39 is 0 Å². The van der Waals surface area contributed by atoms with Gasteiger partial charge in [-0.2, -0.15) is 0 Å². The van der Waals surface area contributed by atoms with Crippen LogP contribution in [0.25, 0.3) is 0 Å². The van der Waals surface area contributed by atoms with Crippen molar-refractivity contribution in [3.05, 3.63) is 30.1 Å². The quantitative estimate of drug-likeness (QED) is 0.356. The highest BCUT2D eigenvalue weighted by Gasteiger charge is 2.32. The Morgan fingerprint density at radius 3 is 2.50 bits per heavy atom. The summed E-state index contributed by atoms with van der Waals surface area (Å²) < 4.78 is 29.8. The lowest BCUT2D eigenvalue weighted by atomic mass is 9.94. The molecule has 1 aliphatic rings. The smallest absolute Gasteiger partial charge is 0.191 e. The number of ether oxygens (including phenoxy) is 3. The van der Waals surface area contributed by atoms with E-state index in [1.54, 1.807) is 26.3 Å². The Hall–Kier alpha value is -1.13. The van der Waals surface area contributed by atoms with Crippen LogP contribution in [0.4, 0.5) is 4.39 Å². The fourth-order valence-corrected chi connectivity index (χ4v) is 2.69. The molecule has 1 atom stereocenters. The number of halogens is 2. The molecule has 1 unspecified atom stereocenters. The summed E-state index contributed by atoms with van der Waals surface area (Å²) in [5, 5.41) is 6.55. The largest absolute Gasteiger partial charge is 0.489 e. The van der Waals surface area contributed by atoms with E-state index in [0.717, 1.165) is 12.8 Å². The van der Waals surface area contributed by atoms with Crippen LogP contribution < -0.4 is 15.4 Å². The monoisotopic (exact) mass is 481 g/mol. The molecule has 1 aliphatic heterocycles. The van der Waals surface area contributed by atoms with Crippen LogP contribution in [0.5, 0.6) is 5.75 Å².